The van der Waals surface area contributed by atoms with Crippen LogP contribution in [0.2, 0.25) is 0 Å². The van der Waals surface area contributed by atoms with Crippen LogP contribution in [0.4, 0.5) is 0 Å². The van der Waals surface area contributed by atoms with Gasteiger partial charge in [0.1, 0.15) is 0 Å². The first kappa shape index (κ1) is 10.7. The van der Waals surface area contributed by atoms with E-state index in [1.165, 1.54) is 12.8 Å². The number of carbonyl (C=O) groups is 1. The molecule has 2 aliphatic rings. The summed E-state index contributed by atoms with van der Waals surface area (Å²) in [6.45, 7) is 3.67. The lowest BCUT2D eigenvalue weighted by molar-refractivity contribution is -0.125. The highest BCUT2D eigenvalue weighted by molar-refractivity contribution is 5.87. The predicted molar refractivity (Wildman–Crippen MR) is 60.2 cm³/mol. The van der Waals surface area contributed by atoms with Crippen molar-refractivity contribution < 1.29 is 4.79 Å². The Labute approximate surface area is 91.3 Å². The molecule has 2 rings (SSSR count). The summed E-state index contributed by atoms with van der Waals surface area (Å²) in [7, 11) is 0. The number of allylic oxidation sites excluding steroid dienone is 1. The summed E-state index contributed by atoms with van der Waals surface area (Å²) in [4.78, 5) is 13.7. The molecule has 0 aromatic rings. The first-order valence-corrected chi connectivity index (χ1v) is 5.89. The molecule has 0 spiro atoms. The molecule has 84 valence electrons. The van der Waals surface area contributed by atoms with Gasteiger partial charge in [0.25, 0.3) is 0 Å². The van der Waals surface area contributed by atoms with Gasteiger partial charge >= 0.3 is 0 Å². The number of hydrogen-bond acceptors (Lipinski definition) is 2. The molecule has 1 amide bonds. The molecule has 3 heteroatoms. The zero-order valence-electron chi connectivity index (χ0n) is 9.36. The summed E-state index contributed by atoms with van der Waals surface area (Å²) in [5.41, 5.74) is 6.10. The number of fused-ring (bicyclic) bond motifs is 1. The van der Waals surface area contributed by atoms with Crippen LogP contribution in [0, 0.1) is 11.8 Å². The van der Waals surface area contributed by atoms with Gasteiger partial charge in [-0.05, 0) is 37.7 Å². The molecule has 0 bridgehead atoms. The van der Waals surface area contributed by atoms with E-state index < -0.39 is 0 Å². The molecule has 0 aromatic carbocycles. The van der Waals surface area contributed by atoms with Gasteiger partial charge in [-0.15, -0.1) is 0 Å². The Morgan fingerprint density at radius 2 is 2.20 bits per heavy atom. The predicted octanol–water partition coefficient (Wildman–Crippen LogP) is 1.15. The largest absolute Gasteiger partial charge is 0.339 e. The van der Waals surface area contributed by atoms with Gasteiger partial charge < -0.3 is 10.6 Å². The Hall–Kier alpha value is -0.830. The van der Waals surface area contributed by atoms with Crippen molar-refractivity contribution in [2.45, 2.75) is 32.2 Å². The van der Waals surface area contributed by atoms with Gasteiger partial charge in [0.05, 0.1) is 0 Å². The first-order valence-electron chi connectivity index (χ1n) is 5.89. The third kappa shape index (κ3) is 2.07. The van der Waals surface area contributed by atoms with Crippen LogP contribution >= 0.6 is 0 Å². The van der Waals surface area contributed by atoms with Crippen LogP contribution in [-0.4, -0.2) is 29.9 Å². The second-order valence-corrected chi connectivity index (χ2v) is 4.76. The Kier molecular flexibility index (Phi) is 3.10. The fourth-order valence-corrected chi connectivity index (χ4v) is 2.94. The first-order chi connectivity index (χ1) is 7.22. The van der Waals surface area contributed by atoms with Crippen molar-refractivity contribution in [1.82, 2.24) is 4.90 Å². The van der Waals surface area contributed by atoms with Crippen molar-refractivity contribution in [2.75, 3.05) is 13.1 Å². The van der Waals surface area contributed by atoms with E-state index in [0.717, 1.165) is 19.5 Å². The highest BCUT2D eigenvalue weighted by atomic mass is 16.2. The summed E-state index contributed by atoms with van der Waals surface area (Å²) in [6.07, 6.45) is 7.08. The number of rotatable bonds is 1. The number of hydrogen-bond donors (Lipinski definition) is 1. The summed E-state index contributed by atoms with van der Waals surface area (Å²) in [6, 6.07) is 0.312. The molecular formula is C12H20N2O. The van der Waals surface area contributed by atoms with Crippen LogP contribution < -0.4 is 5.73 Å². The fourth-order valence-electron chi connectivity index (χ4n) is 2.94. The molecule has 1 saturated heterocycles. The third-order valence-corrected chi connectivity index (χ3v) is 3.77. The SMILES string of the molecule is C/C=C/C(=O)N1CC2CCCC(N)C2C1. The molecule has 15 heavy (non-hydrogen) atoms. The summed E-state index contributed by atoms with van der Waals surface area (Å²) >= 11 is 0. The van der Waals surface area contributed by atoms with Gasteiger partial charge in [0.2, 0.25) is 5.91 Å². The van der Waals surface area contributed by atoms with Crippen molar-refractivity contribution in [3.63, 3.8) is 0 Å². The lowest BCUT2D eigenvalue weighted by Crippen LogP contribution is -2.38. The van der Waals surface area contributed by atoms with Gasteiger partial charge in [-0.1, -0.05) is 12.5 Å². The summed E-state index contributed by atoms with van der Waals surface area (Å²) in [5, 5.41) is 0. The quantitative estimate of drug-likeness (QED) is 0.657. The minimum absolute atomic E-state index is 0.152. The van der Waals surface area contributed by atoms with Gasteiger partial charge in [-0.25, -0.2) is 0 Å². The Morgan fingerprint density at radius 3 is 2.87 bits per heavy atom. The molecule has 1 saturated carbocycles. The normalized spacial score (nSPS) is 35.9. The lowest BCUT2D eigenvalue weighted by atomic mass is 9.78. The van der Waals surface area contributed by atoms with Gasteiger partial charge in [0, 0.05) is 19.1 Å². The Balaban J connectivity index is 2.00. The van der Waals surface area contributed by atoms with E-state index in [1.807, 2.05) is 17.9 Å². The van der Waals surface area contributed by atoms with E-state index >= 15 is 0 Å². The zero-order chi connectivity index (χ0) is 10.8. The fraction of sp³-hybridized carbons (Fsp3) is 0.750. The van der Waals surface area contributed by atoms with Gasteiger partial charge in [-0.3, -0.25) is 4.79 Å². The smallest absolute Gasteiger partial charge is 0.246 e. The Morgan fingerprint density at radius 1 is 1.40 bits per heavy atom. The van der Waals surface area contributed by atoms with E-state index in [1.54, 1.807) is 6.08 Å². The Bertz CT molecular complexity index is 275. The lowest BCUT2D eigenvalue weighted by Gasteiger charge is -2.29. The van der Waals surface area contributed by atoms with E-state index in [2.05, 4.69) is 0 Å². The van der Waals surface area contributed by atoms with E-state index in [9.17, 15) is 4.79 Å². The van der Waals surface area contributed by atoms with Crippen molar-refractivity contribution in [2.24, 2.45) is 17.6 Å². The maximum absolute atomic E-state index is 11.7. The van der Waals surface area contributed by atoms with Crippen LogP contribution in [0.1, 0.15) is 26.2 Å². The molecule has 1 aliphatic carbocycles. The van der Waals surface area contributed by atoms with Crippen LogP contribution in [0.5, 0.6) is 0 Å². The van der Waals surface area contributed by atoms with E-state index in [-0.39, 0.29) is 5.91 Å². The maximum atomic E-state index is 11.7. The minimum atomic E-state index is 0.152. The molecule has 3 nitrogen and oxygen atoms in total. The standard InChI is InChI=1S/C12H20N2O/c1-2-4-12(15)14-7-9-5-3-6-11(13)10(9)8-14/h2,4,9-11H,3,5-8,13H2,1H3/b4-2+. The highest BCUT2D eigenvalue weighted by Gasteiger charge is 2.39. The van der Waals surface area contributed by atoms with Crippen LogP contribution in [0.15, 0.2) is 12.2 Å². The van der Waals surface area contributed by atoms with Crippen molar-refractivity contribution in [3.8, 4) is 0 Å². The topological polar surface area (TPSA) is 46.3 Å². The summed E-state index contributed by atoms with van der Waals surface area (Å²) < 4.78 is 0. The highest BCUT2D eigenvalue weighted by Crippen LogP contribution is 2.35. The number of amides is 1. The molecule has 1 aliphatic heterocycles. The zero-order valence-corrected chi connectivity index (χ0v) is 9.36. The minimum Gasteiger partial charge on any atom is -0.339 e. The van der Waals surface area contributed by atoms with Crippen molar-refractivity contribution >= 4 is 5.91 Å². The third-order valence-electron chi connectivity index (χ3n) is 3.77. The second kappa shape index (κ2) is 4.35. The van der Waals surface area contributed by atoms with Crippen molar-refractivity contribution in [1.29, 1.82) is 0 Å². The van der Waals surface area contributed by atoms with Gasteiger partial charge in [-0.2, -0.15) is 0 Å². The number of nitrogens with two attached hydrogens (primary N) is 1. The molecule has 3 unspecified atom stereocenters. The molecule has 2 N–H and O–H groups in total. The molecule has 3 atom stereocenters. The average molecular weight is 208 g/mol. The number of likely N-dealkylation sites (tertiary alicyclic amines) is 1. The summed E-state index contributed by atoms with van der Waals surface area (Å²) in [5.74, 6) is 1.36. The monoisotopic (exact) mass is 208 g/mol. The number of nitrogens with zero attached hydrogens (tertiary/aromatic N) is 1. The second-order valence-electron chi connectivity index (χ2n) is 4.76. The van der Waals surface area contributed by atoms with E-state index in [0.29, 0.717) is 17.9 Å². The maximum Gasteiger partial charge on any atom is 0.246 e. The van der Waals surface area contributed by atoms with Crippen LogP contribution in [0.25, 0.3) is 0 Å². The van der Waals surface area contributed by atoms with Gasteiger partial charge in [0.15, 0.2) is 0 Å². The molecule has 0 aromatic heterocycles. The average Bonchev–Trinajstić information content (AvgIpc) is 2.63. The number of carbonyl (C=O) groups excluding carboxylic acids is 1. The molecule has 1 heterocycles. The van der Waals surface area contributed by atoms with Crippen molar-refractivity contribution in [3.05, 3.63) is 12.2 Å². The molecular weight excluding hydrogens is 188 g/mol. The molecule has 0 radical (unpaired) electrons. The van der Waals surface area contributed by atoms with Crippen LogP contribution in [-0.2, 0) is 4.79 Å². The van der Waals surface area contributed by atoms with E-state index in [4.69, 9.17) is 5.73 Å². The van der Waals surface area contributed by atoms with Crippen LogP contribution in [0.3, 0.4) is 0 Å². The molecule has 2 fully saturated rings.